The molecule has 1 N–H and O–H groups in total. The van der Waals surface area contributed by atoms with Crippen LogP contribution >= 0.6 is 24.0 Å². The first-order valence-electron chi connectivity index (χ1n) is 9.99. The fourth-order valence-electron chi connectivity index (χ4n) is 3.63. The average molecular weight is 534 g/mol. The molecule has 7 nitrogen and oxygen atoms in total. The van der Waals surface area contributed by atoms with Crippen LogP contribution in [0.5, 0.6) is 0 Å². The van der Waals surface area contributed by atoms with Crippen LogP contribution in [0.4, 0.5) is 13.2 Å². The molecule has 2 rings (SSSR count). The van der Waals surface area contributed by atoms with Crippen LogP contribution in [0.25, 0.3) is 0 Å². The lowest BCUT2D eigenvalue weighted by Crippen LogP contribution is -2.55. The third kappa shape index (κ3) is 9.69. The third-order valence-electron chi connectivity index (χ3n) is 5.18. The lowest BCUT2D eigenvalue weighted by atomic mass is 10.1. The van der Waals surface area contributed by atoms with Gasteiger partial charge in [0.05, 0.1) is 13.1 Å². The fraction of sp³-hybridized carbons (Fsp3) is 0.889. The zero-order valence-electron chi connectivity index (χ0n) is 17.4. The molecule has 2 fully saturated rings. The quantitative estimate of drug-likeness (QED) is 0.317. The Balaban J connectivity index is 0.00000420. The van der Waals surface area contributed by atoms with Crippen LogP contribution < -0.4 is 5.32 Å². The van der Waals surface area contributed by atoms with Crippen LogP contribution in [0, 0.1) is 0 Å². The first-order valence-corrected chi connectivity index (χ1v) is 9.99. The molecule has 0 unspecified atom stereocenters. The molecule has 0 atom stereocenters. The number of likely N-dealkylation sites (tertiary alicyclic amines) is 1. The number of guanidine groups is 1. The van der Waals surface area contributed by atoms with Gasteiger partial charge in [-0.1, -0.05) is 0 Å². The van der Waals surface area contributed by atoms with Gasteiger partial charge < -0.3 is 15.1 Å². The Morgan fingerprint density at radius 1 is 1.03 bits per heavy atom. The number of piperazine rings is 1. The Bertz CT molecular complexity index is 520. The van der Waals surface area contributed by atoms with Crippen LogP contribution in [0.1, 0.15) is 19.3 Å². The molecule has 0 aromatic carbocycles. The van der Waals surface area contributed by atoms with E-state index >= 15 is 0 Å². The van der Waals surface area contributed by atoms with Gasteiger partial charge in [-0.25, -0.2) is 0 Å². The van der Waals surface area contributed by atoms with Crippen molar-refractivity contribution in [2.75, 3.05) is 79.5 Å². The molecule has 1 amide bonds. The minimum atomic E-state index is -4.18. The molecule has 29 heavy (non-hydrogen) atoms. The lowest BCUT2D eigenvalue weighted by Gasteiger charge is -2.37. The van der Waals surface area contributed by atoms with E-state index in [-0.39, 0.29) is 36.4 Å². The van der Waals surface area contributed by atoms with E-state index in [1.54, 1.807) is 7.05 Å². The van der Waals surface area contributed by atoms with Gasteiger partial charge in [-0.15, -0.1) is 24.0 Å². The molecule has 0 aromatic rings. The maximum absolute atomic E-state index is 12.4. The third-order valence-corrected chi connectivity index (χ3v) is 5.18. The second kappa shape index (κ2) is 12.8. The Labute approximate surface area is 188 Å². The standard InChI is InChI=1S/C18H33F3N6O.HI/c1-22-17(23-6-9-24(2)15-18(19,20)21)27-12-10-25(11-13-27)14-16(28)26-7-4-3-5-8-26;/h3-15H2,1-2H3,(H,22,23);1H. The number of rotatable bonds is 6. The number of alkyl halides is 3. The van der Waals surface area contributed by atoms with Crippen molar-refractivity contribution in [1.29, 1.82) is 0 Å². The van der Waals surface area contributed by atoms with Crippen molar-refractivity contribution in [1.82, 2.24) is 24.9 Å². The summed E-state index contributed by atoms with van der Waals surface area (Å²) < 4.78 is 37.1. The minimum Gasteiger partial charge on any atom is -0.355 e. The number of nitrogens with zero attached hydrogens (tertiary/aromatic N) is 5. The SMILES string of the molecule is CN=C(NCCN(C)CC(F)(F)F)N1CCN(CC(=O)N2CCCCC2)CC1.I. The molecular weight excluding hydrogens is 500 g/mol. The number of likely N-dealkylation sites (N-methyl/N-ethyl adjacent to an activating group) is 1. The number of hydrogen-bond donors (Lipinski definition) is 1. The monoisotopic (exact) mass is 534 g/mol. The number of amides is 1. The van der Waals surface area contributed by atoms with Crippen molar-refractivity contribution in [3.8, 4) is 0 Å². The van der Waals surface area contributed by atoms with Gasteiger partial charge in [0.15, 0.2) is 5.96 Å². The highest BCUT2D eigenvalue weighted by Crippen LogP contribution is 2.15. The minimum absolute atomic E-state index is 0. The Morgan fingerprint density at radius 2 is 1.66 bits per heavy atom. The van der Waals surface area contributed by atoms with Crippen molar-refractivity contribution in [3.63, 3.8) is 0 Å². The van der Waals surface area contributed by atoms with Gasteiger partial charge in [-0.3, -0.25) is 19.6 Å². The van der Waals surface area contributed by atoms with Crippen molar-refractivity contribution >= 4 is 35.8 Å². The van der Waals surface area contributed by atoms with Gasteiger partial charge in [0.1, 0.15) is 0 Å². The van der Waals surface area contributed by atoms with Crippen molar-refractivity contribution in [2.45, 2.75) is 25.4 Å². The van der Waals surface area contributed by atoms with E-state index in [1.807, 2.05) is 4.90 Å². The molecular formula is C18H34F3IN6O. The summed E-state index contributed by atoms with van der Waals surface area (Å²) in [5.41, 5.74) is 0. The summed E-state index contributed by atoms with van der Waals surface area (Å²) in [6.45, 7) is 4.99. The van der Waals surface area contributed by atoms with E-state index in [9.17, 15) is 18.0 Å². The number of halogens is 4. The first kappa shape index (κ1) is 26.2. The van der Waals surface area contributed by atoms with Crippen molar-refractivity contribution in [2.24, 2.45) is 4.99 Å². The lowest BCUT2D eigenvalue weighted by molar-refractivity contribution is -0.142. The molecule has 0 saturated carbocycles. The molecule has 0 spiro atoms. The molecule has 0 aromatic heterocycles. The summed E-state index contributed by atoms with van der Waals surface area (Å²) in [7, 11) is 3.13. The van der Waals surface area contributed by atoms with Gasteiger partial charge in [0, 0.05) is 59.4 Å². The topological polar surface area (TPSA) is 54.4 Å². The van der Waals surface area contributed by atoms with Gasteiger partial charge >= 0.3 is 6.18 Å². The second-order valence-corrected chi connectivity index (χ2v) is 7.53. The summed E-state index contributed by atoms with van der Waals surface area (Å²) in [4.78, 5) is 24.1. The number of hydrogen-bond acceptors (Lipinski definition) is 4. The van der Waals surface area contributed by atoms with E-state index in [0.717, 1.165) is 52.1 Å². The normalized spacial score (nSPS) is 19.3. The average Bonchev–Trinajstić information content (AvgIpc) is 2.65. The van der Waals surface area contributed by atoms with E-state index in [1.165, 1.54) is 18.4 Å². The van der Waals surface area contributed by atoms with Crippen LogP contribution in [0.3, 0.4) is 0 Å². The van der Waals surface area contributed by atoms with Gasteiger partial charge in [-0.2, -0.15) is 13.2 Å². The highest BCUT2D eigenvalue weighted by Gasteiger charge is 2.29. The summed E-state index contributed by atoms with van der Waals surface area (Å²) in [5.74, 6) is 0.908. The molecule has 11 heteroatoms. The van der Waals surface area contributed by atoms with Crippen LogP contribution in [0.2, 0.25) is 0 Å². The van der Waals surface area contributed by atoms with Crippen LogP contribution in [-0.2, 0) is 4.79 Å². The van der Waals surface area contributed by atoms with Gasteiger partial charge in [-0.05, 0) is 26.3 Å². The molecule has 0 bridgehead atoms. The fourth-order valence-corrected chi connectivity index (χ4v) is 3.63. The smallest absolute Gasteiger partial charge is 0.355 e. The molecule has 2 aliphatic rings. The maximum atomic E-state index is 12.4. The number of carbonyl (C=O) groups excluding carboxylic acids is 1. The van der Waals surface area contributed by atoms with Crippen molar-refractivity contribution in [3.05, 3.63) is 0 Å². The molecule has 2 aliphatic heterocycles. The molecule has 2 heterocycles. The van der Waals surface area contributed by atoms with E-state index < -0.39 is 12.7 Å². The number of carbonyl (C=O) groups is 1. The highest BCUT2D eigenvalue weighted by molar-refractivity contribution is 14.0. The summed E-state index contributed by atoms with van der Waals surface area (Å²) in [6.07, 6.45) is -0.779. The van der Waals surface area contributed by atoms with Crippen LogP contribution in [-0.4, -0.2) is 117 Å². The van der Waals surface area contributed by atoms with E-state index in [2.05, 4.69) is 20.1 Å². The molecule has 170 valence electrons. The predicted octanol–water partition coefficient (Wildman–Crippen LogP) is 1.30. The summed E-state index contributed by atoms with van der Waals surface area (Å²) >= 11 is 0. The largest absolute Gasteiger partial charge is 0.401 e. The number of nitrogens with one attached hydrogen (secondary N) is 1. The maximum Gasteiger partial charge on any atom is 0.401 e. The Morgan fingerprint density at radius 3 is 2.21 bits per heavy atom. The zero-order valence-corrected chi connectivity index (χ0v) is 19.7. The Kier molecular flexibility index (Phi) is 11.6. The zero-order chi connectivity index (χ0) is 20.6. The molecule has 0 aliphatic carbocycles. The summed E-state index contributed by atoms with van der Waals surface area (Å²) in [5, 5.41) is 3.14. The highest BCUT2D eigenvalue weighted by atomic mass is 127. The van der Waals surface area contributed by atoms with Crippen molar-refractivity contribution < 1.29 is 18.0 Å². The number of aliphatic imine (C=N–C) groups is 1. The first-order chi connectivity index (χ1) is 13.3. The molecule has 0 radical (unpaired) electrons. The van der Waals surface area contributed by atoms with E-state index in [0.29, 0.717) is 19.0 Å². The number of piperidine rings is 1. The predicted molar refractivity (Wildman–Crippen MR) is 119 cm³/mol. The van der Waals surface area contributed by atoms with Crippen LogP contribution in [0.15, 0.2) is 4.99 Å². The van der Waals surface area contributed by atoms with Gasteiger partial charge in [0.25, 0.3) is 0 Å². The Hall–Kier alpha value is -0.820. The second-order valence-electron chi connectivity index (χ2n) is 7.53. The summed E-state index contributed by atoms with van der Waals surface area (Å²) in [6, 6.07) is 0. The van der Waals surface area contributed by atoms with Gasteiger partial charge in [0.2, 0.25) is 5.91 Å². The van der Waals surface area contributed by atoms with E-state index in [4.69, 9.17) is 0 Å². The molecule has 2 saturated heterocycles.